The fourth-order valence-electron chi connectivity index (χ4n) is 8.42. The zero-order valence-corrected chi connectivity index (χ0v) is 35.3. The van der Waals surface area contributed by atoms with Crippen LogP contribution in [0.15, 0.2) is 58.4 Å². The van der Waals surface area contributed by atoms with Gasteiger partial charge >= 0.3 is 287 Å². The second-order valence-electron chi connectivity index (χ2n) is 15.9. The second kappa shape index (κ2) is 13.7. The van der Waals surface area contributed by atoms with Crippen LogP contribution in [-0.4, -0.2) is 122 Å². The molecule has 0 aliphatic rings. The van der Waals surface area contributed by atoms with Gasteiger partial charge in [-0.15, -0.1) is 5.46 Å². The summed E-state index contributed by atoms with van der Waals surface area (Å²) in [4.78, 5) is 16.2. The Morgan fingerprint density at radius 3 is 1.93 bits per heavy atom. The normalized spacial score (nSPS) is 12.2. The summed E-state index contributed by atoms with van der Waals surface area (Å²) in [6.07, 6.45) is 0. The van der Waals surface area contributed by atoms with Gasteiger partial charge in [-0.05, 0) is 6.07 Å². The van der Waals surface area contributed by atoms with E-state index in [0.29, 0.717) is 17.5 Å². The Balaban J connectivity index is 1.51. The molecule has 250 valence electrons. The van der Waals surface area contributed by atoms with E-state index in [-0.39, 0.29) is 0 Å². The van der Waals surface area contributed by atoms with Gasteiger partial charge in [0.05, 0.1) is 0 Å². The summed E-state index contributed by atoms with van der Waals surface area (Å²) in [6.45, 7) is 2.13. The maximum atomic E-state index is 6.86. The van der Waals surface area contributed by atoms with E-state index in [0.717, 1.165) is 66.2 Å². The van der Waals surface area contributed by atoms with Gasteiger partial charge in [0.1, 0.15) is 23.5 Å². The fourth-order valence-corrected chi connectivity index (χ4v) is 9.57. The first-order chi connectivity index (χ1) is 26.1. The molecule has 0 N–H and O–H groups in total. The first kappa shape index (κ1) is 37.5. The summed E-state index contributed by atoms with van der Waals surface area (Å²) in [5.41, 5.74) is 18.3. The van der Waals surface area contributed by atoms with Crippen molar-refractivity contribution in [3.8, 4) is 34.2 Å². The van der Waals surface area contributed by atoms with Gasteiger partial charge < -0.3 is 0 Å². The summed E-state index contributed by atoms with van der Waals surface area (Å²) < 4.78 is 9.34. The van der Waals surface area contributed by atoms with Crippen LogP contribution in [0.5, 0.6) is 0 Å². The third-order valence-electron chi connectivity index (χ3n) is 12.6. The second-order valence-corrected chi connectivity index (χ2v) is 17.0. The van der Waals surface area contributed by atoms with Crippen molar-refractivity contribution in [1.82, 2.24) is 15.0 Å². The van der Waals surface area contributed by atoms with Gasteiger partial charge in [-0.25, -0.2) is 0 Å². The zero-order valence-electron chi connectivity index (χ0n) is 34.5. The van der Waals surface area contributed by atoms with E-state index < -0.39 is 0 Å². The summed E-state index contributed by atoms with van der Waals surface area (Å²) >= 11 is 1.81. The van der Waals surface area contributed by atoms with Gasteiger partial charge in [0, 0.05) is 0 Å². The topological polar surface area (TPSA) is 51.8 Å². The number of allylic oxidation sites excluding steroid dienone is 1. The predicted octanol–water partition coefficient (Wildman–Crippen LogP) is -9.57. The van der Waals surface area contributed by atoms with Crippen molar-refractivity contribution in [2.45, 2.75) is 6.92 Å². The van der Waals surface area contributed by atoms with Crippen LogP contribution in [0.3, 0.4) is 0 Å². The average Bonchev–Trinajstić information content (AvgIpc) is 3.75. The van der Waals surface area contributed by atoms with Crippen molar-refractivity contribution < 1.29 is 4.42 Å². The molecule has 0 spiro atoms. The number of furan rings is 1. The Bertz CT molecular complexity index is 3060. The molecule has 18 heteroatoms. The molecule has 0 saturated carbocycles. The standard InChI is InChI=1S/C37H36B13N3OS/c1-10(38)22(39)33-21(34(49)50)19-20(27(44)30(47)31(48)32(19)54-33)37-52-35(11-6-7-13-12-4-2-3-5-16(12)55-17(13)8-11)51-36(53-37)15-9-14-18(25(42)24(15)41)26(43)29(46)28(45)23(14)40/h2-9,49H,38-48,50H2,1H3/b22-10-. The number of hydrogen-bond donors (Lipinski definition) is 0. The van der Waals surface area contributed by atoms with E-state index in [1.165, 1.54) is 69.2 Å². The number of hydrogen-bond acceptors (Lipinski definition) is 5. The Labute approximate surface area is 338 Å². The molecule has 8 aromatic rings. The van der Waals surface area contributed by atoms with Crippen LogP contribution in [-0.2, 0) is 0 Å². The molecule has 0 aliphatic carbocycles. The number of rotatable bonds is 5. The molecule has 0 amide bonds. The van der Waals surface area contributed by atoms with Crippen molar-refractivity contribution in [1.29, 1.82) is 0 Å². The van der Waals surface area contributed by atoms with E-state index in [2.05, 4.69) is 157 Å². The molecular formula is C37H36B13N3OS. The summed E-state index contributed by atoms with van der Waals surface area (Å²) in [6, 6.07) is 17.6. The SMILES string of the molecule is B=C(B)c1c(/C(B)=C(/B)C)oc2c(B)c(B)c(B)c(-c3nc(-c4ccc5c(c4)sc4ccccc45)nc(-c4cc5c(B)c(B)c(B)c(B)c5c(B)c4B)n3)c12. The van der Waals surface area contributed by atoms with Crippen LogP contribution in [0.4, 0.5) is 0 Å². The minimum atomic E-state index is 0.636. The quantitative estimate of drug-likeness (QED) is 0.167. The molecule has 3 aromatic heterocycles. The Kier molecular flexibility index (Phi) is 9.31. The Morgan fingerprint density at radius 2 is 1.22 bits per heavy atom. The molecule has 0 fully saturated rings. The molecule has 0 saturated heterocycles. The maximum absolute atomic E-state index is 6.86. The van der Waals surface area contributed by atoms with Gasteiger partial charge in [-0.2, -0.15) is 0 Å². The molecule has 8 rings (SSSR count). The molecule has 5 aromatic carbocycles. The van der Waals surface area contributed by atoms with Gasteiger partial charge in [-0.3, -0.25) is 0 Å². The molecule has 0 atom stereocenters. The molecule has 0 aliphatic heterocycles. The minimum absolute atomic E-state index is 0.636. The summed E-state index contributed by atoms with van der Waals surface area (Å²) in [5, 5.41) is 7.04. The zero-order chi connectivity index (χ0) is 39.4. The van der Waals surface area contributed by atoms with Crippen LogP contribution in [0, 0.1) is 0 Å². The number of fused-ring (bicyclic) bond motifs is 5. The van der Waals surface area contributed by atoms with E-state index in [1.807, 2.05) is 0 Å². The van der Waals surface area contributed by atoms with E-state index in [4.69, 9.17) is 19.4 Å². The van der Waals surface area contributed by atoms with Gasteiger partial charge in [0.25, 0.3) is 0 Å². The van der Waals surface area contributed by atoms with Gasteiger partial charge in [0.2, 0.25) is 0 Å². The van der Waals surface area contributed by atoms with Crippen molar-refractivity contribution in [3.05, 3.63) is 65.3 Å². The van der Waals surface area contributed by atoms with Crippen molar-refractivity contribution in [2.75, 3.05) is 0 Å². The van der Waals surface area contributed by atoms with Crippen molar-refractivity contribution in [3.63, 3.8) is 0 Å². The Hall–Kier alpha value is -4.42. The van der Waals surface area contributed by atoms with Crippen LogP contribution >= 0.6 is 11.3 Å². The van der Waals surface area contributed by atoms with Crippen LogP contribution in [0.25, 0.3) is 81.6 Å². The molecule has 0 unspecified atom stereocenters. The number of benzene rings is 5. The Morgan fingerprint density at radius 1 is 0.600 bits per heavy atom. The van der Waals surface area contributed by atoms with Gasteiger partial charge in [0.15, 0.2) is 0 Å². The molecular weight excluding hydrogens is 675 g/mol. The van der Waals surface area contributed by atoms with Crippen LogP contribution < -0.4 is 49.2 Å². The van der Waals surface area contributed by atoms with Crippen LogP contribution in [0.1, 0.15) is 18.2 Å². The van der Waals surface area contributed by atoms with E-state index >= 15 is 0 Å². The summed E-state index contributed by atoms with van der Waals surface area (Å²) in [7, 11) is 30.8. The third-order valence-corrected chi connectivity index (χ3v) is 13.8. The van der Waals surface area contributed by atoms with Crippen molar-refractivity contribution in [2.24, 2.45) is 0 Å². The molecule has 3 heterocycles. The first-order valence-corrected chi connectivity index (χ1v) is 20.0. The molecule has 0 bridgehead atoms. The monoisotopic (exact) mass is 713 g/mol. The van der Waals surface area contributed by atoms with Crippen LogP contribution in [0.2, 0.25) is 0 Å². The number of thiophene rings is 1. The van der Waals surface area contributed by atoms with Crippen molar-refractivity contribution >= 4 is 215 Å². The average molecular weight is 711 g/mol. The fraction of sp³-hybridized carbons (Fsp3) is 0.0270. The van der Waals surface area contributed by atoms with Gasteiger partial charge in [-0.1, -0.05) is 18.2 Å². The predicted molar refractivity (Wildman–Crippen MR) is 279 cm³/mol. The van der Waals surface area contributed by atoms with E-state index in [1.54, 1.807) is 11.3 Å². The van der Waals surface area contributed by atoms with E-state index in [9.17, 15) is 0 Å². The third kappa shape index (κ3) is 5.76. The molecule has 4 nitrogen and oxygen atoms in total. The number of nitrogens with zero attached hydrogens (tertiary/aromatic N) is 3. The first-order valence-electron chi connectivity index (χ1n) is 19.2. The molecule has 0 radical (unpaired) electrons. The summed E-state index contributed by atoms with van der Waals surface area (Å²) in [5.74, 6) is 2.81. The molecule has 55 heavy (non-hydrogen) atoms. The number of aromatic nitrogens is 3.